The van der Waals surface area contributed by atoms with E-state index in [1.807, 2.05) is 85.1 Å². The van der Waals surface area contributed by atoms with Crippen molar-refractivity contribution in [2.75, 3.05) is 4.90 Å². The lowest BCUT2D eigenvalue weighted by molar-refractivity contribution is -0.684. The lowest BCUT2D eigenvalue weighted by atomic mass is 10.2. The highest BCUT2D eigenvalue weighted by molar-refractivity contribution is 5.92. The van der Waals surface area contributed by atoms with Gasteiger partial charge in [-0.15, -0.1) is 0 Å². The van der Waals surface area contributed by atoms with Gasteiger partial charge in [-0.3, -0.25) is 4.79 Å². The molecule has 0 N–H and O–H groups in total. The summed E-state index contributed by atoms with van der Waals surface area (Å²) in [5.41, 5.74) is 2.14. The highest BCUT2D eigenvalue weighted by atomic mass is 16.2. The third kappa shape index (κ3) is 3.44. The minimum Gasteiger partial charge on any atom is -0.304 e. The standard InChI is InChI=1S/C17H21N2O/c1-14(2)19(16-7-5-4-6-8-16)17(20)13-18-11-9-15(3)10-12-18/h4-12,14H,13H2,1-3H3/q+1. The fourth-order valence-electron chi connectivity index (χ4n) is 2.19. The highest BCUT2D eigenvalue weighted by Crippen LogP contribution is 2.16. The van der Waals surface area contributed by atoms with E-state index in [2.05, 4.69) is 0 Å². The Hall–Kier alpha value is -2.16. The van der Waals surface area contributed by atoms with E-state index in [4.69, 9.17) is 0 Å². The summed E-state index contributed by atoms with van der Waals surface area (Å²) in [6, 6.07) is 14.0. The second-order valence-electron chi connectivity index (χ2n) is 5.24. The molecule has 0 fully saturated rings. The lowest BCUT2D eigenvalue weighted by Crippen LogP contribution is -2.47. The minimum absolute atomic E-state index is 0.0973. The number of para-hydroxylation sites is 1. The van der Waals surface area contributed by atoms with Crippen LogP contribution in [0.1, 0.15) is 19.4 Å². The van der Waals surface area contributed by atoms with Gasteiger partial charge in [0.25, 0.3) is 5.91 Å². The Bertz CT molecular complexity index is 561. The molecule has 1 amide bonds. The Kier molecular flexibility index (Phi) is 4.51. The number of benzene rings is 1. The molecule has 0 saturated heterocycles. The molecule has 104 valence electrons. The summed E-state index contributed by atoms with van der Waals surface area (Å²) in [6.45, 7) is 6.46. The molecule has 0 aliphatic carbocycles. The van der Waals surface area contributed by atoms with Crippen LogP contribution in [0.15, 0.2) is 54.9 Å². The van der Waals surface area contributed by atoms with Crippen LogP contribution in [0.4, 0.5) is 5.69 Å². The van der Waals surface area contributed by atoms with Crippen molar-refractivity contribution in [2.45, 2.75) is 33.4 Å². The zero-order valence-electron chi connectivity index (χ0n) is 12.3. The zero-order valence-corrected chi connectivity index (χ0v) is 12.3. The van der Waals surface area contributed by atoms with Crippen molar-refractivity contribution < 1.29 is 9.36 Å². The molecule has 0 aliphatic heterocycles. The molecule has 0 spiro atoms. The maximum Gasteiger partial charge on any atom is 0.293 e. The SMILES string of the molecule is Cc1cc[n+](CC(=O)N(c2ccccc2)C(C)C)cc1. The fourth-order valence-corrected chi connectivity index (χ4v) is 2.19. The predicted molar refractivity (Wildman–Crippen MR) is 80.4 cm³/mol. The van der Waals surface area contributed by atoms with E-state index in [9.17, 15) is 4.79 Å². The van der Waals surface area contributed by atoms with Gasteiger partial charge in [-0.1, -0.05) is 18.2 Å². The molecule has 0 bridgehead atoms. The summed E-state index contributed by atoms with van der Waals surface area (Å²) in [6.07, 6.45) is 3.88. The number of pyridine rings is 1. The lowest BCUT2D eigenvalue weighted by Gasteiger charge is -2.25. The molecule has 0 saturated carbocycles. The average molecular weight is 269 g/mol. The van der Waals surface area contributed by atoms with E-state index in [1.54, 1.807) is 0 Å². The van der Waals surface area contributed by atoms with E-state index in [0.29, 0.717) is 6.54 Å². The summed E-state index contributed by atoms with van der Waals surface area (Å²) < 4.78 is 1.91. The van der Waals surface area contributed by atoms with Crippen molar-refractivity contribution in [3.05, 3.63) is 60.4 Å². The number of carbonyl (C=O) groups is 1. The molecule has 1 aromatic heterocycles. The molecule has 3 heteroatoms. The summed E-state index contributed by atoms with van der Waals surface area (Å²) in [7, 11) is 0. The number of carbonyl (C=O) groups excluding carboxylic acids is 1. The maximum atomic E-state index is 12.5. The minimum atomic E-state index is 0.0973. The van der Waals surface area contributed by atoms with Gasteiger partial charge in [0.15, 0.2) is 12.4 Å². The van der Waals surface area contributed by atoms with Gasteiger partial charge in [0.2, 0.25) is 6.54 Å². The average Bonchev–Trinajstić information content (AvgIpc) is 2.42. The summed E-state index contributed by atoms with van der Waals surface area (Å²) in [5, 5.41) is 0. The first-order valence-corrected chi connectivity index (χ1v) is 6.91. The van der Waals surface area contributed by atoms with Crippen LogP contribution in [-0.2, 0) is 11.3 Å². The molecule has 0 atom stereocenters. The first-order valence-electron chi connectivity index (χ1n) is 6.91. The number of nitrogens with zero attached hydrogens (tertiary/aromatic N) is 2. The van der Waals surface area contributed by atoms with Crippen molar-refractivity contribution in [1.82, 2.24) is 0 Å². The molecule has 1 heterocycles. The molecule has 2 rings (SSSR count). The van der Waals surface area contributed by atoms with Gasteiger partial charge in [-0.2, -0.15) is 4.57 Å². The Morgan fingerprint density at radius 1 is 1.10 bits per heavy atom. The summed E-state index contributed by atoms with van der Waals surface area (Å²) in [4.78, 5) is 14.4. The largest absolute Gasteiger partial charge is 0.304 e. The first-order chi connectivity index (χ1) is 9.58. The van der Waals surface area contributed by atoms with Gasteiger partial charge >= 0.3 is 0 Å². The van der Waals surface area contributed by atoms with Gasteiger partial charge in [0.1, 0.15) is 0 Å². The van der Waals surface area contributed by atoms with Gasteiger partial charge in [0, 0.05) is 23.9 Å². The Morgan fingerprint density at radius 2 is 1.70 bits per heavy atom. The number of anilines is 1. The fraction of sp³-hybridized carbons (Fsp3) is 0.294. The number of amides is 1. The van der Waals surface area contributed by atoms with Crippen molar-refractivity contribution in [2.24, 2.45) is 0 Å². The molecule has 20 heavy (non-hydrogen) atoms. The molecule has 0 unspecified atom stereocenters. The second kappa shape index (κ2) is 6.33. The monoisotopic (exact) mass is 269 g/mol. The molecule has 0 radical (unpaired) electrons. The van der Waals surface area contributed by atoms with Crippen LogP contribution >= 0.6 is 0 Å². The first kappa shape index (κ1) is 14.3. The third-order valence-electron chi connectivity index (χ3n) is 3.20. The second-order valence-corrected chi connectivity index (χ2v) is 5.24. The maximum absolute atomic E-state index is 12.5. The van der Waals surface area contributed by atoms with Gasteiger partial charge in [-0.25, -0.2) is 0 Å². The van der Waals surface area contributed by atoms with Gasteiger partial charge < -0.3 is 4.90 Å². The molecule has 0 aliphatic rings. The van der Waals surface area contributed by atoms with Crippen molar-refractivity contribution in [3.63, 3.8) is 0 Å². The van der Waals surface area contributed by atoms with Crippen LogP contribution in [0, 0.1) is 6.92 Å². The number of hydrogen-bond donors (Lipinski definition) is 0. The normalized spacial score (nSPS) is 10.6. The van der Waals surface area contributed by atoms with Crippen molar-refractivity contribution in [3.8, 4) is 0 Å². The van der Waals surface area contributed by atoms with Crippen LogP contribution < -0.4 is 9.47 Å². The van der Waals surface area contributed by atoms with Gasteiger partial charge in [-0.05, 0) is 38.5 Å². The molecule has 3 nitrogen and oxygen atoms in total. The summed E-state index contributed by atoms with van der Waals surface area (Å²) >= 11 is 0. The zero-order chi connectivity index (χ0) is 14.5. The topological polar surface area (TPSA) is 24.2 Å². The molecular weight excluding hydrogens is 248 g/mol. The predicted octanol–water partition coefficient (Wildman–Crippen LogP) is 2.72. The number of aryl methyl sites for hydroxylation is 1. The van der Waals surface area contributed by atoms with Crippen molar-refractivity contribution in [1.29, 1.82) is 0 Å². The molecule has 1 aromatic carbocycles. The highest BCUT2D eigenvalue weighted by Gasteiger charge is 2.22. The van der Waals surface area contributed by atoms with Crippen LogP contribution in [0.3, 0.4) is 0 Å². The van der Waals surface area contributed by atoms with E-state index in [1.165, 1.54) is 5.56 Å². The van der Waals surface area contributed by atoms with Crippen LogP contribution in [0.5, 0.6) is 0 Å². The Morgan fingerprint density at radius 3 is 2.25 bits per heavy atom. The van der Waals surface area contributed by atoms with E-state index in [0.717, 1.165) is 5.69 Å². The Balaban J connectivity index is 2.18. The van der Waals surface area contributed by atoms with Crippen LogP contribution in [-0.4, -0.2) is 11.9 Å². The number of hydrogen-bond acceptors (Lipinski definition) is 1. The quantitative estimate of drug-likeness (QED) is 0.783. The van der Waals surface area contributed by atoms with E-state index < -0.39 is 0 Å². The van der Waals surface area contributed by atoms with E-state index >= 15 is 0 Å². The summed E-state index contributed by atoms with van der Waals surface area (Å²) in [5.74, 6) is 0.0973. The molecular formula is C17H21N2O+. The van der Waals surface area contributed by atoms with Crippen molar-refractivity contribution >= 4 is 11.6 Å². The van der Waals surface area contributed by atoms with E-state index in [-0.39, 0.29) is 11.9 Å². The van der Waals surface area contributed by atoms with Crippen LogP contribution in [0.2, 0.25) is 0 Å². The van der Waals surface area contributed by atoms with Gasteiger partial charge in [0.05, 0.1) is 0 Å². The number of aromatic nitrogens is 1. The number of rotatable bonds is 4. The Labute approximate surface area is 120 Å². The third-order valence-corrected chi connectivity index (χ3v) is 3.20. The smallest absolute Gasteiger partial charge is 0.293 e. The van der Waals surface area contributed by atoms with Crippen LogP contribution in [0.25, 0.3) is 0 Å². The molecule has 2 aromatic rings.